The Kier molecular flexibility index (Phi) is 4.53. The van der Waals surface area contributed by atoms with E-state index in [9.17, 15) is 5.11 Å². The van der Waals surface area contributed by atoms with Crippen molar-refractivity contribution >= 4 is 45.5 Å². The van der Waals surface area contributed by atoms with Gasteiger partial charge in [-0.25, -0.2) is 4.98 Å². The van der Waals surface area contributed by atoms with Crippen LogP contribution in [0.2, 0.25) is 5.02 Å². The van der Waals surface area contributed by atoms with Crippen LogP contribution in [0.3, 0.4) is 0 Å². The molecule has 148 valence electrons. The molecule has 2 aromatic carbocycles. The Hall–Kier alpha value is -3.91. The summed E-state index contributed by atoms with van der Waals surface area (Å²) in [5, 5.41) is 30.9. The Balaban J connectivity index is 1.38. The smallest absolute Gasteiger partial charge is 0.178 e. The predicted octanol–water partition coefficient (Wildman–Crippen LogP) is 4.39. The lowest BCUT2D eigenvalue weighted by atomic mass is 10.2. The van der Waals surface area contributed by atoms with Gasteiger partial charge in [0.2, 0.25) is 0 Å². The number of pyridine rings is 1. The summed E-state index contributed by atoms with van der Waals surface area (Å²) in [4.78, 5) is 4.47. The molecule has 0 unspecified atom stereocenters. The average molecular weight is 418 g/mol. The van der Waals surface area contributed by atoms with E-state index in [1.54, 1.807) is 16.6 Å². The van der Waals surface area contributed by atoms with Crippen LogP contribution in [0, 0.1) is 0 Å². The van der Waals surface area contributed by atoms with Gasteiger partial charge in [-0.15, -0.1) is 15.3 Å². The Morgan fingerprint density at radius 2 is 1.80 bits per heavy atom. The number of rotatable bonds is 5. The predicted molar refractivity (Wildman–Crippen MR) is 116 cm³/mol. The van der Waals surface area contributed by atoms with Crippen LogP contribution in [-0.4, -0.2) is 29.9 Å². The van der Waals surface area contributed by atoms with E-state index in [-0.39, 0.29) is 5.75 Å². The minimum Gasteiger partial charge on any atom is -0.506 e. The highest BCUT2D eigenvalue weighted by Crippen LogP contribution is 2.24. The number of hydrogen-bond donors (Lipinski definition) is 3. The summed E-state index contributed by atoms with van der Waals surface area (Å²) in [7, 11) is 0. The van der Waals surface area contributed by atoms with Crippen molar-refractivity contribution in [2.75, 3.05) is 10.6 Å². The van der Waals surface area contributed by atoms with Crippen LogP contribution >= 0.6 is 11.6 Å². The molecule has 9 heteroatoms. The highest BCUT2D eigenvalue weighted by Gasteiger charge is 2.09. The van der Waals surface area contributed by atoms with Crippen LogP contribution in [0.4, 0.5) is 17.3 Å². The number of fused-ring (bicyclic) bond motifs is 2. The van der Waals surface area contributed by atoms with E-state index in [2.05, 4.69) is 30.9 Å². The van der Waals surface area contributed by atoms with E-state index >= 15 is 0 Å². The molecule has 0 spiro atoms. The molecule has 30 heavy (non-hydrogen) atoms. The topological polar surface area (TPSA) is 100 Å². The van der Waals surface area contributed by atoms with Gasteiger partial charge in [-0.05, 0) is 48.5 Å². The summed E-state index contributed by atoms with van der Waals surface area (Å²) in [6.45, 7) is 0.362. The number of aromatic nitrogens is 5. The third-order valence-corrected chi connectivity index (χ3v) is 4.79. The number of hydrogen-bond acceptors (Lipinski definition) is 7. The molecule has 0 aliphatic carbocycles. The largest absolute Gasteiger partial charge is 0.506 e. The molecule has 3 heterocycles. The van der Waals surface area contributed by atoms with E-state index in [0.29, 0.717) is 40.2 Å². The average Bonchev–Trinajstić information content (AvgIpc) is 3.15. The van der Waals surface area contributed by atoms with E-state index in [1.165, 1.54) is 0 Å². The molecule has 0 saturated heterocycles. The third-order valence-electron chi connectivity index (χ3n) is 4.55. The van der Waals surface area contributed by atoms with Gasteiger partial charge >= 0.3 is 0 Å². The second-order valence-corrected chi connectivity index (χ2v) is 7.08. The monoisotopic (exact) mass is 417 g/mol. The van der Waals surface area contributed by atoms with Crippen LogP contribution in [0.25, 0.3) is 16.6 Å². The fourth-order valence-electron chi connectivity index (χ4n) is 3.12. The molecule has 0 aliphatic heterocycles. The zero-order chi connectivity index (χ0) is 20.5. The van der Waals surface area contributed by atoms with Crippen molar-refractivity contribution in [1.82, 2.24) is 24.8 Å². The van der Waals surface area contributed by atoms with Gasteiger partial charge in [0.25, 0.3) is 0 Å². The molecule has 3 aromatic heterocycles. The Labute approximate surface area is 176 Å². The molecule has 0 bridgehead atoms. The molecule has 0 saturated carbocycles. The highest BCUT2D eigenvalue weighted by molar-refractivity contribution is 6.30. The summed E-state index contributed by atoms with van der Waals surface area (Å²) in [5.41, 5.74) is 2.01. The van der Waals surface area contributed by atoms with Crippen LogP contribution < -0.4 is 10.6 Å². The number of nitrogens with one attached hydrogen (secondary N) is 2. The SMILES string of the molecule is Oc1cccc2ccc(NCc3nnc4ccc(Nc5cccc(Cl)c5)nn34)nc12. The maximum Gasteiger partial charge on any atom is 0.178 e. The van der Waals surface area contributed by atoms with Gasteiger partial charge in [-0.2, -0.15) is 4.52 Å². The highest BCUT2D eigenvalue weighted by atomic mass is 35.5. The summed E-state index contributed by atoms with van der Waals surface area (Å²) in [6, 6.07) is 20.1. The van der Waals surface area contributed by atoms with Crippen molar-refractivity contribution in [2.45, 2.75) is 6.54 Å². The molecule has 8 nitrogen and oxygen atoms in total. The number of anilines is 3. The number of aromatic hydroxyl groups is 1. The van der Waals surface area contributed by atoms with Gasteiger partial charge in [0.05, 0.1) is 6.54 Å². The van der Waals surface area contributed by atoms with Gasteiger partial charge in [0, 0.05) is 16.1 Å². The first kappa shape index (κ1) is 18.1. The Morgan fingerprint density at radius 1 is 0.933 bits per heavy atom. The summed E-state index contributed by atoms with van der Waals surface area (Å²) in [6.07, 6.45) is 0. The number of phenolic OH excluding ortho intramolecular Hbond substituents is 1. The fourth-order valence-corrected chi connectivity index (χ4v) is 3.31. The zero-order valence-corrected chi connectivity index (χ0v) is 16.4. The fraction of sp³-hybridized carbons (Fsp3) is 0.0476. The number of phenols is 1. The van der Waals surface area contributed by atoms with Crippen molar-refractivity contribution in [3.63, 3.8) is 0 Å². The minimum absolute atomic E-state index is 0.141. The quantitative estimate of drug-likeness (QED) is 0.390. The van der Waals surface area contributed by atoms with Crippen molar-refractivity contribution in [1.29, 1.82) is 0 Å². The first-order valence-corrected chi connectivity index (χ1v) is 9.60. The summed E-state index contributed by atoms with van der Waals surface area (Å²) >= 11 is 6.04. The molecule has 0 radical (unpaired) electrons. The molecule has 3 N–H and O–H groups in total. The van der Waals surface area contributed by atoms with Gasteiger partial charge in [-0.1, -0.05) is 29.8 Å². The van der Waals surface area contributed by atoms with E-state index < -0.39 is 0 Å². The van der Waals surface area contributed by atoms with E-state index in [0.717, 1.165) is 11.1 Å². The molecule has 5 rings (SSSR count). The number of halogens is 1. The lowest BCUT2D eigenvalue weighted by molar-refractivity contribution is 0.480. The Bertz CT molecular complexity index is 1370. The van der Waals surface area contributed by atoms with E-state index in [4.69, 9.17) is 11.6 Å². The Morgan fingerprint density at radius 3 is 2.70 bits per heavy atom. The van der Waals surface area contributed by atoms with Crippen LogP contribution in [-0.2, 0) is 6.54 Å². The molecule has 0 atom stereocenters. The van der Waals surface area contributed by atoms with Gasteiger partial charge < -0.3 is 15.7 Å². The number of para-hydroxylation sites is 1. The normalized spacial score (nSPS) is 11.1. The number of nitrogens with zero attached hydrogens (tertiary/aromatic N) is 5. The second kappa shape index (κ2) is 7.49. The molecule has 0 amide bonds. The zero-order valence-electron chi connectivity index (χ0n) is 15.6. The van der Waals surface area contributed by atoms with Crippen LogP contribution in [0.15, 0.2) is 66.7 Å². The maximum absolute atomic E-state index is 10.0. The lowest BCUT2D eigenvalue weighted by Crippen LogP contribution is -2.08. The number of benzene rings is 2. The van der Waals surface area contributed by atoms with Crippen molar-refractivity contribution in [3.8, 4) is 5.75 Å². The molecule has 5 aromatic rings. The molecular weight excluding hydrogens is 402 g/mol. The minimum atomic E-state index is 0.141. The lowest BCUT2D eigenvalue weighted by Gasteiger charge is -2.08. The maximum atomic E-state index is 10.0. The van der Waals surface area contributed by atoms with Crippen molar-refractivity contribution in [3.05, 3.63) is 77.6 Å². The van der Waals surface area contributed by atoms with Crippen molar-refractivity contribution in [2.24, 2.45) is 0 Å². The summed E-state index contributed by atoms with van der Waals surface area (Å²) in [5.74, 6) is 2.02. The van der Waals surface area contributed by atoms with Crippen molar-refractivity contribution < 1.29 is 5.11 Å². The molecule has 0 fully saturated rings. The molecule has 0 aliphatic rings. The van der Waals surface area contributed by atoms with Gasteiger partial charge in [-0.3, -0.25) is 0 Å². The molecular formula is C21H16ClN7O. The third kappa shape index (κ3) is 3.56. The van der Waals surface area contributed by atoms with Gasteiger partial charge in [0.15, 0.2) is 17.3 Å². The first-order valence-electron chi connectivity index (χ1n) is 9.22. The van der Waals surface area contributed by atoms with E-state index in [1.807, 2.05) is 54.6 Å². The summed E-state index contributed by atoms with van der Waals surface area (Å²) < 4.78 is 1.67. The van der Waals surface area contributed by atoms with Crippen LogP contribution in [0.5, 0.6) is 5.75 Å². The van der Waals surface area contributed by atoms with Crippen LogP contribution in [0.1, 0.15) is 5.82 Å². The van der Waals surface area contributed by atoms with Gasteiger partial charge in [0.1, 0.15) is 17.1 Å². The standard InChI is InChI=1S/C21H16ClN7O/c22-14-4-2-5-15(11-14)24-18-9-10-19-26-27-20(29(19)28-18)12-23-17-8-7-13-3-1-6-16(30)21(13)25-17/h1-11,30H,12H2,(H,23,25)(H,24,28). The second-order valence-electron chi connectivity index (χ2n) is 6.64. The first-order chi connectivity index (χ1) is 14.7.